The summed E-state index contributed by atoms with van der Waals surface area (Å²) in [6, 6.07) is 11.5. The van der Waals surface area contributed by atoms with Crippen LogP contribution in [0, 0.1) is 0 Å². The van der Waals surface area contributed by atoms with Crippen molar-refractivity contribution >= 4 is 51.5 Å². The summed E-state index contributed by atoms with van der Waals surface area (Å²) in [7, 11) is 0. The van der Waals surface area contributed by atoms with Gasteiger partial charge in [0, 0.05) is 17.6 Å². The first kappa shape index (κ1) is 17.1. The van der Waals surface area contributed by atoms with Crippen LogP contribution in [0.3, 0.4) is 0 Å². The normalized spacial score (nSPS) is 11.2. The molecule has 0 aliphatic rings. The minimum atomic E-state index is 0.361. The number of furan rings is 1. The third-order valence-electron chi connectivity index (χ3n) is 3.88. The van der Waals surface area contributed by atoms with Crippen molar-refractivity contribution in [3.63, 3.8) is 0 Å². The average Bonchev–Trinajstić information content (AvgIpc) is 3.28. The summed E-state index contributed by atoms with van der Waals surface area (Å²) in [5.41, 5.74) is 2.73. The highest BCUT2D eigenvalue weighted by Gasteiger charge is 2.10. The highest BCUT2D eigenvalue weighted by atomic mass is 35.5. The largest absolute Gasteiger partial charge is 0.453 e. The summed E-state index contributed by atoms with van der Waals surface area (Å²) in [5, 5.41) is 19.3. The Bertz CT molecular complexity index is 1040. The third-order valence-corrected chi connectivity index (χ3v) is 5.07. The van der Waals surface area contributed by atoms with Crippen molar-refractivity contribution in [3.8, 4) is 11.6 Å². The minimum absolute atomic E-state index is 0.361. The standard InChI is InChI=1S/C17H12Cl3N5O/c18-12-7-11(8-13(19)16(12)20)21-4-3-9-1-2-10-6-15(26-14(10)5-9)17-22-24-25-23-17/h1-2,5-8,21H,3-4H2,(H,22,23,24,25). The molecule has 0 saturated carbocycles. The van der Waals surface area contributed by atoms with Crippen molar-refractivity contribution in [1.29, 1.82) is 0 Å². The van der Waals surface area contributed by atoms with Gasteiger partial charge in [-0.2, -0.15) is 5.21 Å². The monoisotopic (exact) mass is 407 g/mol. The molecule has 0 aliphatic carbocycles. The van der Waals surface area contributed by atoms with Crippen molar-refractivity contribution in [3.05, 3.63) is 57.0 Å². The van der Waals surface area contributed by atoms with E-state index in [1.807, 2.05) is 18.2 Å². The lowest BCUT2D eigenvalue weighted by Gasteiger charge is -2.09. The zero-order valence-electron chi connectivity index (χ0n) is 13.3. The molecule has 0 fully saturated rings. The molecule has 0 aliphatic heterocycles. The van der Waals surface area contributed by atoms with Crippen molar-refractivity contribution < 1.29 is 4.42 Å². The molecular formula is C17H12Cl3N5O. The van der Waals surface area contributed by atoms with E-state index in [1.54, 1.807) is 12.1 Å². The Labute approximate surface area is 163 Å². The van der Waals surface area contributed by atoms with Gasteiger partial charge >= 0.3 is 0 Å². The quantitative estimate of drug-likeness (QED) is 0.442. The fourth-order valence-corrected chi connectivity index (χ4v) is 3.21. The number of rotatable bonds is 5. The molecule has 0 unspecified atom stereocenters. The van der Waals surface area contributed by atoms with Gasteiger partial charge in [-0.15, -0.1) is 10.2 Å². The molecule has 0 bridgehead atoms. The van der Waals surface area contributed by atoms with Gasteiger partial charge < -0.3 is 9.73 Å². The van der Waals surface area contributed by atoms with E-state index in [0.29, 0.717) is 33.2 Å². The molecule has 2 heterocycles. The van der Waals surface area contributed by atoms with E-state index in [-0.39, 0.29) is 0 Å². The number of aromatic nitrogens is 4. The molecule has 26 heavy (non-hydrogen) atoms. The maximum absolute atomic E-state index is 6.04. The summed E-state index contributed by atoms with van der Waals surface area (Å²) in [5.74, 6) is 1.01. The lowest BCUT2D eigenvalue weighted by Crippen LogP contribution is -2.04. The zero-order chi connectivity index (χ0) is 18.1. The maximum atomic E-state index is 6.04. The number of hydrogen-bond donors (Lipinski definition) is 2. The van der Waals surface area contributed by atoms with Gasteiger partial charge in [-0.3, -0.25) is 0 Å². The Hall–Kier alpha value is -2.28. The van der Waals surface area contributed by atoms with Crippen LogP contribution in [0.25, 0.3) is 22.6 Å². The van der Waals surface area contributed by atoms with Crippen LogP contribution in [-0.4, -0.2) is 27.2 Å². The van der Waals surface area contributed by atoms with E-state index in [2.05, 4.69) is 32.0 Å². The van der Waals surface area contributed by atoms with Crippen molar-refractivity contribution in [2.75, 3.05) is 11.9 Å². The molecule has 4 rings (SSSR count). The van der Waals surface area contributed by atoms with Crippen LogP contribution in [0.2, 0.25) is 15.1 Å². The molecule has 0 atom stereocenters. The summed E-state index contributed by atoms with van der Waals surface area (Å²) < 4.78 is 5.81. The van der Waals surface area contributed by atoms with Crippen molar-refractivity contribution in [2.45, 2.75) is 6.42 Å². The minimum Gasteiger partial charge on any atom is -0.453 e. The smallest absolute Gasteiger partial charge is 0.239 e. The molecule has 0 spiro atoms. The van der Waals surface area contributed by atoms with Crippen LogP contribution in [0.5, 0.6) is 0 Å². The molecule has 4 aromatic rings. The number of nitrogens with one attached hydrogen (secondary N) is 2. The molecule has 2 aromatic carbocycles. The number of aromatic amines is 1. The average molecular weight is 409 g/mol. The first-order valence-corrected chi connectivity index (χ1v) is 8.88. The number of tetrazole rings is 1. The van der Waals surface area contributed by atoms with E-state index in [0.717, 1.165) is 28.6 Å². The van der Waals surface area contributed by atoms with Crippen molar-refractivity contribution in [1.82, 2.24) is 20.6 Å². The second-order valence-electron chi connectivity index (χ2n) is 5.65. The molecule has 2 aromatic heterocycles. The van der Waals surface area contributed by atoms with E-state index in [1.165, 1.54) is 0 Å². The number of benzene rings is 2. The highest BCUT2D eigenvalue weighted by molar-refractivity contribution is 6.48. The van der Waals surface area contributed by atoms with Crippen LogP contribution in [0.4, 0.5) is 5.69 Å². The molecule has 0 saturated heterocycles. The van der Waals surface area contributed by atoms with Crippen LogP contribution >= 0.6 is 34.8 Å². The number of halogens is 3. The Morgan fingerprint density at radius 1 is 1.04 bits per heavy atom. The van der Waals surface area contributed by atoms with Gasteiger partial charge in [-0.05, 0) is 41.5 Å². The predicted octanol–water partition coefficient (Wildman–Crippen LogP) is 5.23. The third kappa shape index (κ3) is 3.49. The van der Waals surface area contributed by atoms with Crippen LogP contribution in [0.15, 0.2) is 40.8 Å². The van der Waals surface area contributed by atoms with Crippen LogP contribution < -0.4 is 5.32 Å². The highest BCUT2D eigenvalue weighted by Crippen LogP contribution is 2.33. The fraction of sp³-hybridized carbons (Fsp3) is 0.118. The van der Waals surface area contributed by atoms with Gasteiger partial charge in [-0.1, -0.05) is 46.9 Å². The van der Waals surface area contributed by atoms with Crippen molar-refractivity contribution in [2.24, 2.45) is 0 Å². The van der Waals surface area contributed by atoms with Gasteiger partial charge in [0.1, 0.15) is 5.58 Å². The van der Waals surface area contributed by atoms with Gasteiger partial charge in [0.05, 0.1) is 15.1 Å². The topological polar surface area (TPSA) is 79.6 Å². The number of nitrogens with zero attached hydrogens (tertiary/aromatic N) is 3. The fourth-order valence-electron chi connectivity index (χ4n) is 2.62. The Kier molecular flexibility index (Phi) is 4.72. The lowest BCUT2D eigenvalue weighted by molar-refractivity contribution is 0.625. The molecular weight excluding hydrogens is 397 g/mol. The second kappa shape index (κ2) is 7.15. The zero-order valence-corrected chi connectivity index (χ0v) is 15.5. The van der Waals surface area contributed by atoms with E-state index < -0.39 is 0 Å². The summed E-state index contributed by atoms with van der Waals surface area (Å²) in [4.78, 5) is 0. The number of anilines is 1. The summed E-state index contributed by atoms with van der Waals surface area (Å²) in [6.07, 6.45) is 0.798. The first-order chi connectivity index (χ1) is 12.6. The Morgan fingerprint density at radius 2 is 1.85 bits per heavy atom. The number of fused-ring (bicyclic) bond motifs is 1. The Morgan fingerprint density at radius 3 is 2.58 bits per heavy atom. The van der Waals surface area contributed by atoms with E-state index in [9.17, 15) is 0 Å². The first-order valence-electron chi connectivity index (χ1n) is 7.75. The maximum Gasteiger partial charge on any atom is 0.239 e. The van der Waals surface area contributed by atoms with Crippen LogP contribution in [0.1, 0.15) is 5.56 Å². The summed E-state index contributed by atoms with van der Waals surface area (Å²) >= 11 is 18.0. The van der Waals surface area contributed by atoms with E-state index in [4.69, 9.17) is 39.2 Å². The lowest BCUT2D eigenvalue weighted by atomic mass is 10.1. The van der Waals surface area contributed by atoms with Gasteiger partial charge in [-0.25, -0.2) is 0 Å². The van der Waals surface area contributed by atoms with Gasteiger partial charge in [0.25, 0.3) is 0 Å². The molecule has 0 amide bonds. The second-order valence-corrected chi connectivity index (χ2v) is 6.84. The SMILES string of the molecule is Clc1cc(NCCc2ccc3cc(-c4nn[nH]n4)oc3c2)cc(Cl)c1Cl. The number of H-pyrrole nitrogens is 1. The summed E-state index contributed by atoms with van der Waals surface area (Å²) in [6.45, 7) is 0.707. The molecule has 6 nitrogen and oxygen atoms in total. The van der Waals surface area contributed by atoms with E-state index >= 15 is 0 Å². The predicted molar refractivity (Wildman–Crippen MR) is 103 cm³/mol. The number of hydrogen-bond acceptors (Lipinski definition) is 5. The molecule has 132 valence electrons. The molecule has 0 radical (unpaired) electrons. The van der Waals surface area contributed by atoms with Crippen LogP contribution in [-0.2, 0) is 6.42 Å². The molecule has 2 N–H and O–H groups in total. The van der Waals surface area contributed by atoms with Gasteiger partial charge in [0.15, 0.2) is 5.76 Å². The van der Waals surface area contributed by atoms with Gasteiger partial charge in [0.2, 0.25) is 5.82 Å². The molecule has 9 heteroatoms. The Balaban J connectivity index is 1.46.